The van der Waals surface area contributed by atoms with Crippen molar-refractivity contribution in [2.75, 3.05) is 5.32 Å². The fraction of sp³-hybridized carbons (Fsp3) is 0.632. The lowest BCUT2D eigenvalue weighted by atomic mass is 10.1. The van der Waals surface area contributed by atoms with Crippen LogP contribution in [0.1, 0.15) is 48.5 Å². The van der Waals surface area contributed by atoms with Gasteiger partial charge in [-0.05, 0) is 45.8 Å². The van der Waals surface area contributed by atoms with Crippen LogP contribution in [-0.2, 0) is 4.79 Å². The molecule has 0 spiro atoms. The minimum Gasteiger partial charge on any atom is -0.373 e. The van der Waals surface area contributed by atoms with Gasteiger partial charge in [-0.15, -0.1) is 0 Å². The van der Waals surface area contributed by atoms with Gasteiger partial charge in [-0.2, -0.15) is 13.2 Å². The van der Waals surface area contributed by atoms with Crippen molar-refractivity contribution in [2.45, 2.75) is 80.9 Å². The zero-order valence-corrected chi connectivity index (χ0v) is 18.3. The fourth-order valence-corrected chi connectivity index (χ4v) is 9.46. The summed E-state index contributed by atoms with van der Waals surface area (Å²) in [6.45, 7) is 13.4. The largest absolute Gasteiger partial charge is 0.426 e. The Balaban J connectivity index is 3.33. The minimum atomic E-state index is -5.09. The number of hydrogen-bond donors (Lipinski definition) is 2. The summed E-state index contributed by atoms with van der Waals surface area (Å²) >= 11 is 6.29. The molecule has 1 rings (SSSR count). The van der Waals surface area contributed by atoms with Crippen molar-refractivity contribution in [3.63, 3.8) is 0 Å². The van der Waals surface area contributed by atoms with Crippen LogP contribution in [-0.4, -0.2) is 38.5 Å². The van der Waals surface area contributed by atoms with Crippen molar-refractivity contribution >= 4 is 33.2 Å². The minimum absolute atomic E-state index is 0.0412. The Morgan fingerprint density at radius 2 is 1.52 bits per heavy atom. The van der Waals surface area contributed by atoms with Gasteiger partial charge in [0, 0.05) is 0 Å². The van der Waals surface area contributed by atoms with E-state index >= 15 is 0 Å². The van der Waals surface area contributed by atoms with E-state index in [0.717, 1.165) is 4.90 Å². The standard InChI is InChI=1S/C19H29ClF3NO2S/c1-11(2)27(12(3)4,13(5)6)14-8-9-16(15(20)10-14)24-17(25)18(7,26)19(21,22)23/h8-13,26H,1-7H3,(H,24,25)/t18-/m1/s1. The zero-order valence-electron chi connectivity index (χ0n) is 16.7. The van der Waals surface area contributed by atoms with Crippen LogP contribution in [0, 0.1) is 0 Å². The first kappa shape index (κ1) is 24.1. The quantitative estimate of drug-likeness (QED) is 0.586. The molecule has 156 valence electrons. The first-order chi connectivity index (χ1) is 12.1. The molecule has 0 aliphatic heterocycles. The number of anilines is 1. The molecule has 0 saturated heterocycles. The van der Waals surface area contributed by atoms with Crippen LogP contribution in [0.3, 0.4) is 0 Å². The van der Waals surface area contributed by atoms with E-state index in [1.807, 2.05) is 6.07 Å². The lowest BCUT2D eigenvalue weighted by Gasteiger charge is -2.52. The Bertz CT molecular complexity index is 666. The maximum absolute atomic E-state index is 12.8. The van der Waals surface area contributed by atoms with Crippen LogP contribution in [0.25, 0.3) is 0 Å². The van der Waals surface area contributed by atoms with Gasteiger partial charge < -0.3 is 10.4 Å². The van der Waals surface area contributed by atoms with Crippen LogP contribution in [0.2, 0.25) is 5.02 Å². The molecule has 0 heterocycles. The van der Waals surface area contributed by atoms with Gasteiger partial charge in [0.1, 0.15) is 0 Å². The summed E-state index contributed by atoms with van der Waals surface area (Å²) in [5.41, 5.74) is -3.46. The SMILES string of the molecule is CC(C)S(c1ccc(NC(=O)[C@@](C)(O)C(F)(F)F)c(Cl)c1)(C(C)C)C(C)C. The molecular formula is C19H29ClF3NO2S. The third kappa shape index (κ3) is 4.40. The predicted molar refractivity (Wildman–Crippen MR) is 108 cm³/mol. The maximum atomic E-state index is 12.8. The summed E-state index contributed by atoms with van der Waals surface area (Å²) in [5, 5.41) is 12.9. The molecule has 0 bridgehead atoms. The molecule has 3 nitrogen and oxygen atoms in total. The molecule has 0 saturated carbocycles. The molecule has 0 unspecified atom stereocenters. The summed E-state index contributed by atoms with van der Waals surface area (Å²) in [4.78, 5) is 13.0. The van der Waals surface area contributed by atoms with Gasteiger partial charge in [-0.1, -0.05) is 53.1 Å². The molecular weight excluding hydrogens is 399 g/mol. The summed E-state index contributed by atoms with van der Waals surface area (Å²) in [7, 11) is -1.27. The van der Waals surface area contributed by atoms with E-state index in [1.165, 1.54) is 6.07 Å². The molecule has 1 aromatic carbocycles. The van der Waals surface area contributed by atoms with E-state index in [9.17, 15) is 23.1 Å². The van der Waals surface area contributed by atoms with E-state index in [0.29, 0.717) is 22.7 Å². The predicted octanol–water partition coefficient (Wildman–Crippen LogP) is 5.98. The van der Waals surface area contributed by atoms with E-state index in [4.69, 9.17) is 11.6 Å². The molecule has 2 N–H and O–H groups in total. The normalized spacial score (nSPS) is 16.0. The van der Waals surface area contributed by atoms with Crippen LogP contribution in [0.5, 0.6) is 0 Å². The van der Waals surface area contributed by atoms with E-state index < -0.39 is 27.7 Å². The topological polar surface area (TPSA) is 49.3 Å². The average molecular weight is 428 g/mol. The Hall–Kier alpha value is -0.920. The van der Waals surface area contributed by atoms with Gasteiger partial charge in [0.25, 0.3) is 5.91 Å². The number of nitrogens with one attached hydrogen (secondary N) is 1. The lowest BCUT2D eigenvalue weighted by Crippen LogP contribution is -2.52. The summed E-state index contributed by atoms with van der Waals surface area (Å²) < 4.78 is 38.5. The Morgan fingerprint density at radius 1 is 1.07 bits per heavy atom. The monoisotopic (exact) mass is 427 g/mol. The van der Waals surface area contributed by atoms with Crippen molar-refractivity contribution in [3.8, 4) is 0 Å². The molecule has 0 radical (unpaired) electrons. The molecule has 1 aromatic rings. The van der Waals surface area contributed by atoms with E-state index in [1.54, 1.807) is 6.07 Å². The van der Waals surface area contributed by atoms with Crippen LogP contribution in [0.4, 0.5) is 18.9 Å². The average Bonchev–Trinajstić information content (AvgIpc) is 2.47. The number of halogens is 4. The number of amides is 1. The summed E-state index contributed by atoms with van der Waals surface area (Å²) in [6.07, 6.45) is -5.09. The van der Waals surface area contributed by atoms with Crippen molar-refractivity contribution in [2.24, 2.45) is 0 Å². The number of alkyl halides is 3. The first-order valence-corrected chi connectivity index (χ1v) is 11.0. The van der Waals surface area contributed by atoms with Crippen LogP contribution < -0.4 is 5.32 Å². The third-order valence-corrected chi connectivity index (χ3v) is 11.0. The lowest BCUT2D eigenvalue weighted by molar-refractivity contribution is -0.242. The second-order valence-electron chi connectivity index (χ2n) is 7.57. The van der Waals surface area contributed by atoms with E-state index in [-0.39, 0.29) is 10.7 Å². The first-order valence-electron chi connectivity index (χ1n) is 8.80. The third-order valence-electron chi connectivity index (χ3n) is 4.93. The molecule has 0 fully saturated rings. The molecule has 1 atom stereocenters. The highest BCUT2D eigenvalue weighted by molar-refractivity contribution is 8.35. The van der Waals surface area contributed by atoms with Crippen molar-refractivity contribution in [1.82, 2.24) is 0 Å². The Kier molecular flexibility index (Phi) is 7.34. The molecule has 0 aromatic heterocycles. The van der Waals surface area contributed by atoms with Crippen LogP contribution >= 0.6 is 21.6 Å². The van der Waals surface area contributed by atoms with Crippen LogP contribution in [0.15, 0.2) is 23.1 Å². The number of rotatable bonds is 6. The van der Waals surface area contributed by atoms with Gasteiger partial charge in [-0.25, -0.2) is 10.0 Å². The van der Waals surface area contributed by atoms with E-state index in [2.05, 4.69) is 46.9 Å². The maximum Gasteiger partial charge on any atom is 0.426 e. The second kappa shape index (κ2) is 8.21. The molecule has 0 aliphatic carbocycles. The molecule has 0 aliphatic rings. The van der Waals surface area contributed by atoms with Gasteiger partial charge in [0.2, 0.25) is 5.60 Å². The highest BCUT2D eigenvalue weighted by Crippen LogP contribution is 2.66. The number of hydrogen-bond acceptors (Lipinski definition) is 2. The van der Waals surface area contributed by atoms with Crippen molar-refractivity contribution in [1.29, 1.82) is 0 Å². The molecule has 27 heavy (non-hydrogen) atoms. The summed E-state index contributed by atoms with van der Waals surface area (Å²) in [5.74, 6) is -1.57. The number of benzene rings is 1. The Labute approximate surface area is 166 Å². The fourth-order valence-electron chi connectivity index (χ4n) is 3.64. The zero-order chi connectivity index (χ0) is 21.4. The number of carbonyl (C=O) groups is 1. The second-order valence-corrected chi connectivity index (χ2v) is 12.8. The highest BCUT2D eigenvalue weighted by atomic mass is 35.5. The van der Waals surface area contributed by atoms with Crippen molar-refractivity contribution < 1.29 is 23.1 Å². The van der Waals surface area contributed by atoms with Crippen molar-refractivity contribution in [3.05, 3.63) is 23.2 Å². The van der Waals surface area contributed by atoms with Gasteiger partial charge in [0.15, 0.2) is 0 Å². The Morgan fingerprint density at radius 3 is 1.85 bits per heavy atom. The summed E-state index contributed by atoms with van der Waals surface area (Å²) in [6, 6.07) is 5.06. The highest BCUT2D eigenvalue weighted by Gasteiger charge is 2.55. The molecule has 1 amide bonds. The number of carbonyl (C=O) groups excluding carboxylic acids is 1. The van der Waals surface area contributed by atoms with Gasteiger partial charge >= 0.3 is 6.18 Å². The smallest absolute Gasteiger partial charge is 0.373 e. The van der Waals surface area contributed by atoms with Gasteiger partial charge in [-0.3, -0.25) is 4.79 Å². The number of aliphatic hydroxyl groups is 1. The molecule has 8 heteroatoms. The van der Waals surface area contributed by atoms with Gasteiger partial charge in [0.05, 0.1) is 10.7 Å².